The predicted octanol–water partition coefficient (Wildman–Crippen LogP) is 5.04. The Morgan fingerprint density at radius 3 is 2.64 bits per heavy atom. The standard InChI is InChI=1S/C27H35FN2O3/c1-6-7-25(30-27(31)17-22-14-19(2)15-24(28)16-22)10-11-29-18-23-8-9-26(21(4)20(23)3)33-13-12-32-5/h6,8-9,11,14-16,25H,1,7,10,12-13,17-18H2,2-5H3,(H,30,31). The molecule has 2 rings (SSSR count). The minimum Gasteiger partial charge on any atom is -0.491 e. The minimum atomic E-state index is -0.326. The van der Waals surface area contributed by atoms with Gasteiger partial charge in [0, 0.05) is 25.8 Å². The fraction of sp³-hybridized carbons (Fsp3) is 0.407. The fourth-order valence-corrected chi connectivity index (χ4v) is 3.57. The predicted molar refractivity (Wildman–Crippen MR) is 132 cm³/mol. The van der Waals surface area contributed by atoms with Gasteiger partial charge in [0.1, 0.15) is 18.2 Å². The summed E-state index contributed by atoms with van der Waals surface area (Å²) in [6.07, 6.45) is 4.99. The summed E-state index contributed by atoms with van der Waals surface area (Å²) in [4.78, 5) is 17.0. The molecule has 0 fully saturated rings. The van der Waals surface area contributed by atoms with Crippen molar-refractivity contribution in [2.75, 3.05) is 20.3 Å². The molecule has 178 valence electrons. The van der Waals surface area contributed by atoms with E-state index in [1.165, 1.54) is 12.1 Å². The molecule has 0 saturated carbocycles. The van der Waals surface area contributed by atoms with Gasteiger partial charge in [-0.1, -0.05) is 18.2 Å². The van der Waals surface area contributed by atoms with Gasteiger partial charge in [0.2, 0.25) is 5.91 Å². The number of hydrogen-bond donors (Lipinski definition) is 1. The molecule has 0 radical (unpaired) electrons. The summed E-state index contributed by atoms with van der Waals surface area (Å²) in [7, 11) is 1.65. The summed E-state index contributed by atoms with van der Waals surface area (Å²) in [5.74, 6) is 0.392. The van der Waals surface area contributed by atoms with Crippen LogP contribution in [0.25, 0.3) is 0 Å². The average molecular weight is 455 g/mol. The molecule has 0 aliphatic rings. The molecule has 2 aromatic rings. The molecule has 0 aliphatic heterocycles. The molecule has 2 aromatic carbocycles. The van der Waals surface area contributed by atoms with E-state index >= 15 is 0 Å². The minimum absolute atomic E-state index is 0.104. The van der Waals surface area contributed by atoms with Crippen LogP contribution in [0.1, 0.15) is 40.7 Å². The number of carbonyl (C=O) groups excluding carboxylic acids is 1. The number of hydrogen-bond acceptors (Lipinski definition) is 4. The van der Waals surface area contributed by atoms with Crippen molar-refractivity contribution in [3.63, 3.8) is 0 Å². The van der Waals surface area contributed by atoms with E-state index < -0.39 is 0 Å². The Kier molecular flexibility index (Phi) is 10.8. The van der Waals surface area contributed by atoms with Crippen LogP contribution in [-0.4, -0.2) is 38.5 Å². The van der Waals surface area contributed by atoms with Crippen LogP contribution in [0.3, 0.4) is 0 Å². The van der Waals surface area contributed by atoms with Crippen molar-refractivity contribution in [3.8, 4) is 5.75 Å². The van der Waals surface area contributed by atoms with Crippen molar-refractivity contribution in [2.24, 2.45) is 4.99 Å². The highest BCUT2D eigenvalue weighted by molar-refractivity contribution is 5.79. The summed E-state index contributed by atoms with van der Waals surface area (Å²) in [6, 6.07) is 8.57. The molecule has 6 heteroatoms. The Balaban J connectivity index is 1.91. The Morgan fingerprint density at radius 1 is 1.15 bits per heavy atom. The topological polar surface area (TPSA) is 59.9 Å². The van der Waals surface area contributed by atoms with Gasteiger partial charge in [-0.3, -0.25) is 9.79 Å². The fourth-order valence-electron chi connectivity index (χ4n) is 3.57. The van der Waals surface area contributed by atoms with Gasteiger partial charge in [-0.2, -0.15) is 0 Å². The van der Waals surface area contributed by atoms with Crippen LogP contribution in [0.5, 0.6) is 5.75 Å². The van der Waals surface area contributed by atoms with Crippen molar-refractivity contribution in [1.82, 2.24) is 5.32 Å². The number of halogens is 1. The number of ether oxygens (including phenoxy) is 2. The van der Waals surface area contributed by atoms with Gasteiger partial charge in [0.15, 0.2) is 0 Å². The second-order valence-corrected chi connectivity index (χ2v) is 8.18. The van der Waals surface area contributed by atoms with Crippen LogP contribution < -0.4 is 10.1 Å². The number of nitrogens with one attached hydrogen (secondary N) is 1. The van der Waals surface area contributed by atoms with Crippen molar-refractivity contribution < 1.29 is 18.7 Å². The van der Waals surface area contributed by atoms with Gasteiger partial charge in [0.05, 0.1) is 19.6 Å². The molecule has 1 atom stereocenters. The van der Waals surface area contributed by atoms with Gasteiger partial charge < -0.3 is 14.8 Å². The Labute approximate surface area is 196 Å². The summed E-state index contributed by atoms with van der Waals surface area (Å²) in [5, 5.41) is 3.01. The quantitative estimate of drug-likeness (QED) is 0.262. The third kappa shape index (κ3) is 8.81. The first kappa shape index (κ1) is 26.3. The number of rotatable bonds is 13. The zero-order valence-corrected chi connectivity index (χ0v) is 20.1. The molecule has 5 nitrogen and oxygen atoms in total. The molecule has 0 saturated heterocycles. The molecule has 0 bridgehead atoms. The summed E-state index contributed by atoms with van der Waals surface area (Å²) < 4.78 is 24.4. The molecule has 0 aliphatic carbocycles. The van der Waals surface area contributed by atoms with E-state index in [4.69, 9.17) is 9.47 Å². The molecular weight excluding hydrogens is 419 g/mol. The van der Waals surface area contributed by atoms with E-state index in [-0.39, 0.29) is 24.2 Å². The van der Waals surface area contributed by atoms with E-state index in [0.29, 0.717) is 38.2 Å². The summed E-state index contributed by atoms with van der Waals surface area (Å²) in [5.41, 5.74) is 4.85. The molecule has 0 aromatic heterocycles. The maximum absolute atomic E-state index is 13.6. The van der Waals surface area contributed by atoms with Gasteiger partial charge in [-0.25, -0.2) is 4.39 Å². The molecule has 33 heavy (non-hydrogen) atoms. The number of carbonyl (C=O) groups is 1. The highest BCUT2D eigenvalue weighted by Crippen LogP contribution is 2.24. The number of methoxy groups -OCH3 is 1. The van der Waals surface area contributed by atoms with E-state index in [2.05, 4.69) is 23.8 Å². The lowest BCUT2D eigenvalue weighted by atomic mass is 10.0. The van der Waals surface area contributed by atoms with Crippen molar-refractivity contribution >= 4 is 12.1 Å². The van der Waals surface area contributed by atoms with Crippen LogP contribution in [0, 0.1) is 26.6 Å². The van der Waals surface area contributed by atoms with Gasteiger partial charge in [-0.15, -0.1) is 6.58 Å². The lowest BCUT2D eigenvalue weighted by molar-refractivity contribution is -0.121. The highest BCUT2D eigenvalue weighted by atomic mass is 19.1. The van der Waals surface area contributed by atoms with E-state index in [1.54, 1.807) is 13.2 Å². The van der Waals surface area contributed by atoms with E-state index in [9.17, 15) is 9.18 Å². The van der Waals surface area contributed by atoms with Gasteiger partial charge >= 0.3 is 0 Å². The number of benzene rings is 2. The number of nitrogens with zero attached hydrogens (tertiary/aromatic N) is 1. The molecular formula is C27H35FN2O3. The van der Waals surface area contributed by atoms with E-state index in [0.717, 1.165) is 28.0 Å². The SMILES string of the molecule is C=CCC(CC=NCc1ccc(OCCOC)c(C)c1C)NC(=O)Cc1cc(C)cc(F)c1. The van der Waals surface area contributed by atoms with Crippen LogP contribution in [0.2, 0.25) is 0 Å². The van der Waals surface area contributed by atoms with Crippen LogP contribution in [0.4, 0.5) is 4.39 Å². The van der Waals surface area contributed by atoms with Crippen molar-refractivity contribution in [2.45, 2.75) is 52.6 Å². The first-order valence-corrected chi connectivity index (χ1v) is 11.2. The first-order valence-electron chi connectivity index (χ1n) is 11.2. The van der Waals surface area contributed by atoms with Crippen molar-refractivity contribution in [1.29, 1.82) is 0 Å². The normalized spacial score (nSPS) is 12.0. The van der Waals surface area contributed by atoms with E-state index in [1.807, 2.05) is 38.3 Å². The Hall–Kier alpha value is -2.99. The largest absolute Gasteiger partial charge is 0.491 e. The third-order valence-corrected chi connectivity index (χ3v) is 5.46. The third-order valence-electron chi connectivity index (χ3n) is 5.46. The van der Waals surface area contributed by atoms with Gasteiger partial charge in [0.25, 0.3) is 0 Å². The Morgan fingerprint density at radius 2 is 1.94 bits per heavy atom. The average Bonchev–Trinajstić information content (AvgIpc) is 2.74. The zero-order valence-electron chi connectivity index (χ0n) is 20.1. The maximum Gasteiger partial charge on any atom is 0.224 e. The molecule has 1 unspecified atom stereocenters. The van der Waals surface area contributed by atoms with Crippen LogP contribution >= 0.6 is 0 Å². The van der Waals surface area contributed by atoms with Crippen LogP contribution in [-0.2, 0) is 22.5 Å². The number of amides is 1. The smallest absolute Gasteiger partial charge is 0.224 e. The first-order chi connectivity index (χ1) is 15.8. The highest BCUT2D eigenvalue weighted by Gasteiger charge is 2.12. The molecule has 1 amide bonds. The lowest BCUT2D eigenvalue weighted by Crippen LogP contribution is -2.35. The van der Waals surface area contributed by atoms with Gasteiger partial charge in [-0.05, 0) is 73.2 Å². The molecule has 0 spiro atoms. The zero-order chi connectivity index (χ0) is 24.2. The second-order valence-electron chi connectivity index (χ2n) is 8.18. The number of aliphatic imine (C=N–C) groups is 1. The molecule has 0 heterocycles. The lowest BCUT2D eigenvalue weighted by Gasteiger charge is -2.16. The summed E-state index contributed by atoms with van der Waals surface area (Å²) >= 11 is 0. The second kappa shape index (κ2) is 13.5. The summed E-state index contributed by atoms with van der Waals surface area (Å²) in [6.45, 7) is 11.3. The molecule has 1 N–H and O–H groups in total. The monoisotopic (exact) mass is 454 g/mol. The van der Waals surface area contributed by atoms with Crippen LogP contribution in [0.15, 0.2) is 48.0 Å². The Bertz CT molecular complexity index is 952. The number of aryl methyl sites for hydroxylation is 1. The van der Waals surface area contributed by atoms with Crippen molar-refractivity contribution in [3.05, 3.63) is 76.6 Å². The maximum atomic E-state index is 13.6.